The summed E-state index contributed by atoms with van der Waals surface area (Å²) in [6.45, 7) is 3.92. The molecule has 2 atom stereocenters. The van der Waals surface area contributed by atoms with E-state index in [1.165, 1.54) is 0 Å². The van der Waals surface area contributed by atoms with Crippen LogP contribution in [0.25, 0.3) is 0 Å². The molecule has 3 N–H and O–H groups in total. The van der Waals surface area contributed by atoms with Gasteiger partial charge < -0.3 is 15.5 Å². The molecular formula is C13H22N2O2. The average molecular weight is 238 g/mol. The second-order valence-electron chi connectivity index (χ2n) is 4.60. The lowest BCUT2D eigenvalue weighted by atomic mass is 10.1. The van der Waals surface area contributed by atoms with E-state index < -0.39 is 0 Å². The molecule has 1 heterocycles. The van der Waals surface area contributed by atoms with Crippen LogP contribution in [-0.2, 0) is 11.2 Å². The van der Waals surface area contributed by atoms with Crippen molar-refractivity contribution in [2.24, 2.45) is 5.73 Å². The SMILES string of the molecule is CC(N)CCC(=O)NC(C)CCc1ccco1. The standard InChI is InChI=1S/C13H22N2O2/c1-10(14)5-8-13(16)15-11(2)6-7-12-4-3-9-17-12/h3-4,9-11H,5-8,14H2,1-2H3,(H,15,16). The van der Waals surface area contributed by atoms with Gasteiger partial charge in [0.1, 0.15) is 5.76 Å². The predicted octanol–water partition coefficient (Wildman–Crippen LogP) is 1.84. The minimum Gasteiger partial charge on any atom is -0.469 e. The van der Waals surface area contributed by atoms with Crippen LogP contribution in [0, 0.1) is 0 Å². The maximum atomic E-state index is 11.5. The van der Waals surface area contributed by atoms with E-state index in [0.29, 0.717) is 6.42 Å². The summed E-state index contributed by atoms with van der Waals surface area (Å²) < 4.78 is 5.24. The Kier molecular flexibility index (Phi) is 5.77. The molecule has 2 unspecified atom stereocenters. The fraction of sp³-hybridized carbons (Fsp3) is 0.615. The zero-order valence-electron chi connectivity index (χ0n) is 10.6. The van der Waals surface area contributed by atoms with E-state index in [9.17, 15) is 4.79 Å². The summed E-state index contributed by atoms with van der Waals surface area (Å²) in [5.41, 5.74) is 5.60. The molecule has 0 aliphatic heterocycles. The summed E-state index contributed by atoms with van der Waals surface area (Å²) in [6.07, 6.45) is 4.64. The van der Waals surface area contributed by atoms with Crippen LogP contribution in [-0.4, -0.2) is 18.0 Å². The Hall–Kier alpha value is -1.29. The summed E-state index contributed by atoms with van der Waals surface area (Å²) >= 11 is 0. The van der Waals surface area contributed by atoms with Crippen molar-refractivity contribution < 1.29 is 9.21 Å². The first kappa shape index (κ1) is 13.8. The highest BCUT2D eigenvalue weighted by Crippen LogP contribution is 2.06. The number of nitrogens with one attached hydrogen (secondary N) is 1. The number of carbonyl (C=O) groups excluding carboxylic acids is 1. The van der Waals surface area contributed by atoms with Crippen LogP contribution in [0.4, 0.5) is 0 Å². The molecule has 0 fully saturated rings. The van der Waals surface area contributed by atoms with Gasteiger partial charge in [-0.25, -0.2) is 0 Å². The van der Waals surface area contributed by atoms with Crippen molar-refractivity contribution in [3.8, 4) is 0 Å². The topological polar surface area (TPSA) is 68.3 Å². The second-order valence-corrected chi connectivity index (χ2v) is 4.60. The van der Waals surface area contributed by atoms with Crippen LogP contribution in [0.1, 0.15) is 38.9 Å². The molecule has 4 nitrogen and oxygen atoms in total. The molecule has 1 aromatic heterocycles. The van der Waals surface area contributed by atoms with Gasteiger partial charge in [0, 0.05) is 24.9 Å². The first-order chi connectivity index (χ1) is 8.08. The Morgan fingerprint density at radius 2 is 2.24 bits per heavy atom. The number of furan rings is 1. The number of hydrogen-bond acceptors (Lipinski definition) is 3. The third kappa shape index (κ3) is 6.12. The summed E-state index contributed by atoms with van der Waals surface area (Å²) in [5.74, 6) is 1.04. The van der Waals surface area contributed by atoms with Crippen LogP contribution in [0.5, 0.6) is 0 Å². The molecule has 0 spiro atoms. The first-order valence-corrected chi connectivity index (χ1v) is 6.15. The lowest BCUT2D eigenvalue weighted by molar-refractivity contribution is -0.121. The molecule has 0 saturated carbocycles. The van der Waals surface area contributed by atoms with Gasteiger partial charge in [0.2, 0.25) is 5.91 Å². The maximum absolute atomic E-state index is 11.5. The molecule has 0 aromatic carbocycles. The van der Waals surface area contributed by atoms with E-state index in [4.69, 9.17) is 10.2 Å². The Labute approximate surface area is 103 Å². The Morgan fingerprint density at radius 3 is 2.82 bits per heavy atom. The molecule has 0 saturated heterocycles. The van der Waals surface area contributed by atoms with Gasteiger partial charge in [-0.1, -0.05) is 0 Å². The number of carbonyl (C=O) groups is 1. The highest BCUT2D eigenvalue weighted by atomic mass is 16.3. The van der Waals surface area contributed by atoms with Crippen molar-refractivity contribution in [2.75, 3.05) is 0 Å². The number of rotatable bonds is 7. The average Bonchev–Trinajstić information content (AvgIpc) is 2.76. The van der Waals surface area contributed by atoms with Gasteiger partial charge in [-0.15, -0.1) is 0 Å². The van der Waals surface area contributed by atoms with E-state index in [0.717, 1.165) is 25.0 Å². The van der Waals surface area contributed by atoms with Crippen molar-refractivity contribution >= 4 is 5.91 Å². The Morgan fingerprint density at radius 1 is 1.47 bits per heavy atom. The Balaban J connectivity index is 2.15. The van der Waals surface area contributed by atoms with E-state index in [-0.39, 0.29) is 18.0 Å². The molecule has 1 amide bonds. The van der Waals surface area contributed by atoms with Gasteiger partial charge in [0.15, 0.2) is 0 Å². The smallest absolute Gasteiger partial charge is 0.220 e. The zero-order chi connectivity index (χ0) is 12.7. The van der Waals surface area contributed by atoms with Crippen LogP contribution in [0.15, 0.2) is 22.8 Å². The van der Waals surface area contributed by atoms with Gasteiger partial charge in [0.25, 0.3) is 0 Å². The molecule has 96 valence electrons. The number of amides is 1. The number of aryl methyl sites for hydroxylation is 1. The molecule has 1 aromatic rings. The fourth-order valence-corrected chi connectivity index (χ4v) is 1.59. The molecule has 0 radical (unpaired) electrons. The summed E-state index contributed by atoms with van der Waals surface area (Å²) in [4.78, 5) is 11.5. The summed E-state index contributed by atoms with van der Waals surface area (Å²) in [5, 5.41) is 2.96. The highest BCUT2D eigenvalue weighted by Gasteiger charge is 2.08. The van der Waals surface area contributed by atoms with E-state index in [1.807, 2.05) is 26.0 Å². The third-order valence-corrected chi connectivity index (χ3v) is 2.64. The molecule has 0 aliphatic carbocycles. The van der Waals surface area contributed by atoms with Gasteiger partial charge in [-0.2, -0.15) is 0 Å². The van der Waals surface area contributed by atoms with Crippen molar-refractivity contribution in [1.29, 1.82) is 0 Å². The minimum atomic E-state index is 0.0780. The summed E-state index contributed by atoms with van der Waals surface area (Å²) in [6, 6.07) is 4.08. The normalized spacial score (nSPS) is 14.3. The van der Waals surface area contributed by atoms with Crippen LogP contribution < -0.4 is 11.1 Å². The van der Waals surface area contributed by atoms with Crippen LogP contribution >= 0.6 is 0 Å². The van der Waals surface area contributed by atoms with E-state index >= 15 is 0 Å². The lowest BCUT2D eigenvalue weighted by Gasteiger charge is -2.13. The molecule has 0 bridgehead atoms. The Bertz CT molecular complexity index is 320. The third-order valence-electron chi connectivity index (χ3n) is 2.64. The van der Waals surface area contributed by atoms with E-state index in [1.54, 1.807) is 6.26 Å². The first-order valence-electron chi connectivity index (χ1n) is 6.15. The van der Waals surface area contributed by atoms with Crippen LogP contribution in [0.2, 0.25) is 0 Å². The zero-order valence-corrected chi connectivity index (χ0v) is 10.6. The number of nitrogens with two attached hydrogens (primary N) is 1. The van der Waals surface area contributed by atoms with Crippen LogP contribution in [0.3, 0.4) is 0 Å². The predicted molar refractivity (Wildman–Crippen MR) is 67.5 cm³/mol. The molecule has 1 rings (SSSR count). The van der Waals surface area contributed by atoms with Crippen molar-refractivity contribution in [1.82, 2.24) is 5.32 Å². The van der Waals surface area contributed by atoms with Gasteiger partial charge in [0.05, 0.1) is 6.26 Å². The monoisotopic (exact) mass is 238 g/mol. The largest absolute Gasteiger partial charge is 0.469 e. The van der Waals surface area contributed by atoms with Crippen molar-refractivity contribution in [3.63, 3.8) is 0 Å². The van der Waals surface area contributed by atoms with Crippen molar-refractivity contribution in [2.45, 2.75) is 51.6 Å². The summed E-state index contributed by atoms with van der Waals surface area (Å²) in [7, 11) is 0. The van der Waals surface area contributed by atoms with E-state index in [2.05, 4.69) is 5.32 Å². The maximum Gasteiger partial charge on any atom is 0.220 e. The lowest BCUT2D eigenvalue weighted by Crippen LogP contribution is -2.33. The van der Waals surface area contributed by atoms with Gasteiger partial charge in [-0.05, 0) is 38.8 Å². The second kappa shape index (κ2) is 7.12. The van der Waals surface area contributed by atoms with Crippen molar-refractivity contribution in [3.05, 3.63) is 24.2 Å². The highest BCUT2D eigenvalue weighted by molar-refractivity contribution is 5.76. The number of hydrogen-bond donors (Lipinski definition) is 2. The van der Waals surface area contributed by atoms with Gasteiger partial charge in [-0.3, -0.25) is 4.79 Å². The fourth-order valence-electron chi connectivity index (χ4n) is 1.59. The molecule has 4 heteroatoms. The molecule has 17 heavy (non-hydrogen) atoms. The van der Waals surface area contributed by atoms with Gasteiger partial charge >= 0.3 is 0 Å². The molecule has 0 aliphatic rings. The quantitative estimate of drug-likeness (QED) is 0.761. The molecular weight excluding hydrogens is 216 g/mol. The minimum absolute atomic E-state index is 0.0780.